The lowest BCUT2D eigenvalue weighted by Crippen LogP contribution is -2.25. The standard InChI is InChI=1S/C23H34F2O/c1-3-5-16-6-8-17(9-7-16)18-10-12-19(13-11-18)20-14-15-21(26-4-2)23(25)22(20)24/h14-19H,3-13H2,1-2H3/i2D3,4D2. The summed E-state index contributed by atoms with van der Waals surface area (Å²) in [4.78, 5) is 0. The average Bonchev–Trinajstić information content (AvgIpc) is 2.72. The maximum atomic E-state index is 14.8. The molecule has 1 aromatic carbocycles. The summed E-state index contributed by atoms with van der Waals surface area (Å²) in [5, 5.41) is 0. The van der Waals surface area contributed by atoms with E-state index in [9.17, 15) is 8.78 Å². The van der Waals surface area contributed by atoms with E-state index in [4.69, 9.17) is 11.6 Å². The highest BCUT2D eigenvalue weighted by atomic mass is 19.2. The summed E-state index contributed by atoms with van der Waals surface area (Å²) in [5.41, 5.74) is 0.282. The van der Waals surface area contributed by atoms with Gasteiger partial charge in [0.2, 0.25) is 5.82 Å². The molecule has 0 N–H and O–H groups in total. The van der Waals surface area contributed by atoms with E-state index in [0.29, 0.717) is 5.92 Å². The van der Waals surface area contributed by atoms with Gasteiger partial charge in [-0.05, 0) is 80.7 Å². The van der Waals surface area contributed by atoms with Crippen molar-refractivity contribution in [2.45, 2.75) is 83.9 Å². The van der Waals surface area contributed by atoms with Crippen molar-refractivity contribution in [2.24, 2.45) is 17.8 Å². The van der Waals surface area contributed by atoms with Crippen molar-refractivity contribution in [3.63, 3.8) is 0 Å². The van der Waals surface area contributed by atoms with Gasteiger partial charge in [-0.25, -0.2) is 4.39 Å². The summed E-state index contributed by atoms with van der Waals surface area (Å²) in [7, 11) is 0. The van der Waals surface area contributed by atoms with E-state index < -0.39 is 30.8 Å². The first kappa shape index (κ1) is 14.0. The Balaban J connectivity index is 1.60. The van der Waals surface area contributed by atoms with Gasteiger partial charge in [0.15, 0.2) is 11.6 Å². The smallest absolute Gasteiger partial charge is 0.200 e. The molecular weight excluding hydrogens is 330 g/mol. The van der Waals surface area contributed by atoms with E-state index >= 15 is 0 Å². The van der Waals surface area contributed by atoms with Crippen molar-refractivity contribution in [3.8, 4) is 5.75 Å². The number of hydrogen-bond acceptors (Lipinski definition) is 1. The molecule has 2 saturated carbocycles. The van der Waals surface area contributed by atoms with E-state index in [2.05, 4.69) is 6.92 Å². The molecule has 0 atom stereocenters. The molecule has 0 heterocycles. The summed E-state index contributed by atoms with van der Waals surface area (Å²) in [6, 6.07) is 2.57. The second kappa shape index (κ2) is 9.19. The molecule has 0 aromatic heterocycles. The molecule has 2 aliphatic carbocycles. The SMILES string of the molecule is [2H]C([2H])([2H])C([2H])([2H])Oc1ccc(C2CCC(C3CCC(CCC)CC3)CC2)c(F)c1F. The molecule has 3 rings (SSSR count). The zero-order valence-electron chi connectivity index (χ0n) is 20.7. The Bertz CT molecular complexity index is 736. The van der Waals surface area contributed by atoms with Crippen LogP contribution < -0.4 is 4.74 Å². The number of benzene rings is 1. The largest absolute Gasteiger partial charge is 0.491 e. The van der Waals surface area contributed by atoms with Gasteiger partial charge in [-0.2, -0.15) is 4.39 Å². The molecule has 3 heteroatoms. The third kappa shape index (κ3) is 4.40. The average molecular weight is 370 g/mol. The zero-order valence-corrected chi connectivity index (χ0v) is 15.7. The van der Waals surface area contributed by atoms with Crippen LogP contribution in [0.25, 0.3) is 0 Å². The van der Waals surface area contributed by atoms with Gasteiger partial charge in [-0.3, -0.25) is 0 Å². The predicted octanol–water partition coefficient (Wildman–Crippen LogP) is 7.24. The lowest BCUT2D eigenvalue weighted by atomic mass is 9.68. The first-order valence-electron chi connectivity index (χ1n) is 12.7. The van der Waals surface area contributed by atoms with Crippen LogP contribution in [0.1, 0.15) is 96.3 Å². The fourth-order valence-electron chi connectivity index (χ4n) is 5.25. The van der Waals surface area contributed by atoms with Gasteiger partial charge in [0.25, 0.3) is 0 Å². The Hall–Kier alpha value is -1.12. The minimum Gasteiger partial charge on any atom is -0.491 e. The zero-order chi connectivity index (χ0) is 22.8. The molecule has 1 nitrogen and oxygen atoms in total. The molecular formula is C23H34F2O. The van der Waals surface area contributed by atoms with Crippen LogP contribution in [0.2, 0.25) is 0 Å². The highest BCUT2D eigenvalue weighted by Crippen LogP contribution is 2.45. The third-order valence-corrected chi connectivity index (χ3v) is 6.70. The van der Waals surface area contributed by atoms with Crippen molar-refractivity contribution in [1.82, 2.24) is 0 Å². The molecule has 0 spiro atoms. The number of halogens is 2. The monoisotopic (exact) mass is 369 g/mol. The van der Waals surface area contributed by atoms with Gasteiger partial charge in [0.05, 0.1) is 9.30 Å². The summed E-state index contributed by atoms with van der Waals surface area (Å²) >= 11 is 0. The van der Waals surface area contributed by atoms with Crippen LogP contribution in [0, 0.1) is 29.4 Å². The van der Waals surface area contributed by atoms with Gasteiger partial charge in [-0.15, -0.1) is 0 Å². The molecule has 0 amide bonds. The van der Waals surface area contributed by atoms with Crippen molar-refractivity contribution in [1.29, 1.82) is 0 Å². The molecule has 146 valence electrons. The normalized spacial score (nSPS) is 33.4. The third-order valence-electron chi connectivity index (χ3n) is 6.70. The summed E-state index contributed by atoms with van der Waals surface area (Å²) in [5.74, 6) is -0.846. The highest BCUT2D eigenvalue weighted by Gasteiger charge is 2.32. The molecule has 1 aromatic rings. The molecule has 0 aliphatic heterocycles. The molecule has 2 aliphatic rings. The number of rotatable bonds is 6. The van der Waals surface area contributed by atoms with E-state index in [0.717, 1.165) is 43.6 Å². The fourth-order valence-corrected chi connectivity index (χ4v) is 5.25. The molecule has 2 fully saturated rings. The van der Waals surface area contributed by atoms with Crippen molar-refractivity contribution in [3.05, 3.63) is 29.3 Å². The maximum Gasteiger partial charge on any atom is 0.200 e. The molecule has 0 bridgehead atoms. The van der Waals surface area contributed by atoms with E-state index in [1.165, 1.54) is 44.6 Å². The van der Waals surface area contributed by atoms with Crippen molar-refractivity contribution in [2.75, 3.05) is 6.56 Å². The van der Waals surface area contributed by atoms with Gasteiger partial charge in [-0.1, -0.05) is 38.7 Å². The van der Waals surface area contributed by atoms with E-state index in [1.54, 1.807) is 0 Å². The van der Waals surface area contributed by atoms with Gasteiger partial charge in [0.1, 0.15) is 0 Å². The van der Waals surface area contributed by atoms with Crippen LogP contribution in [0.4, 0.5) is 8.78 Å². The van der Waals surface area contributed by atoms with Crippen LogP contribution in [-0.4, -0.2) is 6.56 Å². The van der Waals surface area contributed by atoms with Gasteiger partial charge < -0.3 is 4.74 Å². The first-order chi connectivity index (χ1) is 14.5. The molecule has 0 radical (unpaired) electrons. The fraction of sp³-hybridized carbons (Fsp3) is 0.739. The Morgan fingerprint density at radius 3 is 2.27 bits per heavy atom. The highest BCUT2D eigenvalue weighted by molar-refractivity contribution is 5.33. The Kier molecular flexibility index (Phi) is 4.93. The first-order valence-corrected chi connectivity index (χ1v) is 10.2. The molecule has 0 saturated heterocycles. The van der Waals surface area contributed by atoms with Crippen LogP contribution in [0.5, 0.6) is 5.75 Å². The van der Waals surface area contributed by atoms with Crippen LogP contribution >= 0.6 is 0 Å². The number of ether oxygens (including phenoxy) is 1. The number of hydrogen-bond donors (Lipinski definition) is 0. The summed E-state index contributed by atoms with van der Waals surface area (Å²) in [6.07, 6.45) is 11.5. The Labute approximate surface area is 164 Å². The Morgan fingerprint density at radius 1 is 1.00 bits per heavy atom. The lowest BCUT2D eigenvalue weighted by Gasteiger charge is -2.38. The van der Waals surface area contributed by atoms with Crippen LogP contribution in [-0.2, 0) is 0 Å². The maximum absolute atomic E-state index is 14.8. The minimum atomic E-state index is -3.11. The van der Waals surface area contributed by atoms with Crippen LogP contribution in [0.3, 0.4) is 0 Å². The topological polar surface area (TPSA) is 9.23 Å². The van der Waals surface area contributed by atoms with E-state index in [-0.39, 0.29) is 11.5 Å². The lowest BCUT2D eigenvalue weighted by molar-refractivity contribution is 0.155. The molecule has 0 unspecified atom stereocenters. The summed E-state index contributed by atoms with van der Waals surface area (Å²) < 4.78 is 70.5. The van der Waals surface area contributed by atoms with Gasteiger partial charge >= 0.3 is 0 Å². The van der Waals surface area contributed by atoms with Gasteiger partial charge in [0, 0.05) is 4.11 Å². The van der Waals surface area contributed by atoms with E-state index in [1.807, 2.05) is 0 Å². The van der Waals surface area contributed by atoms with Crippen molar-refractivity contribution < 1.29 is 20.4 Å². The predicted molar refractivity (Wildman–Crippen MR) is 103 cm³/mol. The summed E-state index contributed by atoms with van der Waals surface area (Å²) in [6.45, 7) is -3.96. The quantitative estimate of drug-likeness (QED) is 0.513. The second-order valence-electron chi connectivity index (χ2n) is 8.17. The second-order valence-corrected chi connectivity index (χ2v) is 8.17. The van der Waals surface area contributed by atoms with Crippen LogP contribution in [0.15, 0.2) is 12.1 Å². The molecule has 26 heavy (non-hydrogen) atoms. The minimum absolute atomic E-state index is 0.0735. The Morgan fingerprint density at radius 2 is 1.65 bits per heavy atom. The van der Waals surface area contributed by atoms with Crippen molar-refractivity contribution >= 4 is 0 Å².